The lowest BCUT2D eigenvalue weighted by Crippen LogP contribution is -2.26. The maximum absolute atomic E-state index is 9.90. The summed E-state index contributed by atoms with van der Waals surface area (Å²) in [5.74, 6) is 0.344. The number of rotatable bonds is 2. The Labute approximate surface area is 120 Å². The molecule has 0 bridgehead atoms. The van der Waals surface area contributed by atoms with E-state index in [0.29, 0.717) is 5.75 Å². The van der Waals surface area contributed by atoms with Crippen LogP contribution >= 0.6 is 15.9 Å². The zero-order valence-electron chi connectivity index (χ0n) is 10.3. The standard InChI is InChI=1S/C15H15BrN2O/c16-11-5-3-4-10(8-11)13-9-14(18-17-13)12-6-1-2-7-15(12)19/h1-8,13-14,17-19H,9H2. The zero-order chi connectivity index (χ0) is 13.2. The summed E-state index contributed by atoms with van der Waals surface area (Å²) in [5.41, 5.74) is 8.72. The number of para-hydroxylation sites is 1. The SMILES string of the molecule is Oc1ccccc1C1CC(c2cccc(Br)c2)NN1. The Bertz CT molecular complexity index is 588. The van der Waals surface area contributed by atoms with Gasteiger partial charge in [-0.1, -0.05) is 46.3 Å². The van der Waals surface area contributed by atoms with E-state index in [2.05, 4.69) is 38.9 Å². The van der Waals surface area contributed by atoms with Gasteiger partial charge in [0.05, 0.1) is 6.04 Å². The summed E-state index contributed by atoms with van der Waals surface area (Å²) in [4.78, 5) is 0. The quantitative estimate of drug-likeness (QED) is 0.794. The first-order valence-electron chi connectivity index (χ1n) is 6.28. The van der Waals surface area contributed by atoms with Crippen molar-refractivity contribution in [2.75, 3.05) is 0 Å². The summed E-state index contributed by atoms with van der Waals surface area (Å²) in [6.45, 7) is 0. The Hall–Kier alpha value is -1.36. The van der Waals surface area contributed by atoms with E-state index in [4.69, 9.17) is 0 Å². The van der Waals surface area contributed by atoms with Crippen molar-refractivity contribution in [2.45, 2.75) is 18.5 Å². The van der Waals surface area contributed by atoms with Gasteiger partial charge >= 0.3 is 0 Å². The predicted octanol–water partition coefficient (Wildman–Crippen LogP) is 3.44. The van der Waals surface area contributed by atoms with Gasteiger partial charge in [0.15, 0.2) is 0 Å². The van der Waals surface area contributed by atoms with Gasteiger partial charge in [0, 0.05) is 16.1 Å². The molecule has 1 fully saturated rings. The third-order valence-corrected chi connectivity index (χ3v) is 3.96. The van der Waals surface area contributed by atoms with E-state index in [1.54, 1.807) is 6.07 Å². The van der Waals surface area contributed by atoms with E-state index in [-0.39, 0.29) is 12.1 Å². The van der Waals surface area contributed by atoms with Crippen LogP contribution in [0.15, 0.2) is 53.0 Å². The van der Waals surface area contributed by atoms with Gasteiger partial charge in [-0.05, 0) is 30.2 Å². The van der Waals surface area contributed by atoms with Gasteiger partial charge in [-0.25, -0.2) is 10.9 Å². The Morgan fingerprint density at radius 2 is 1.79 bits per heavy atom. The predicted molar refractivity (Wildman–Crippen MR) is 78.6 cm³/mol. The molecule has 2 unspecified atom stereocenters. The van der Waals surface area contributed by atoms with Crippen molar-refractivity contribution in [1.82, 2.24) is 10.9 Å². The molecule has 1 aliphatic rings. The molecule has 1 heterocycles. The monoisotopic (exact) mass is 318 g/mol. The molecule has 3 nitrogen and oxygen atoms in total. The summed E-state index contributed by atoms with van der Waals surface area (Å²) < 4.78 is 1.08. The molecule has 2 aromatic carbocycles. The lowest BCUT2D eigenvalue weighted by Gasteiger charge is -2.11. The Balaban J connectivity index is 1.79. The maximum atomic E-state index is 9.90. The number of aromatic hydroxyl groups is 1. The lowest BCUT2D eigenvalue weighted by atomic mass is 9.97. The molecule has 98 valence electrons. The van der Waals surface area contributed by atoms with Crippen molar-refractivity contribution >= 4 is 15.9 Å². The second kappa shape index (κ2) is 5.33. The molecule has 0 aliphatic carbocycles. The molecular weight excluding hydrogens is 304 g/mol. The topological polar surface area (TPSA) is 44.3 Å². The molecule has 0 radical (unpaired) electrons. The fraction of sp³-hybridized carbons (Fsp3) is 0.200. The van der Waals surface area contributed by atoms with E-state index in [9.17, 15) is 5.11 Å². The number of hydrogen-bond donors (Lipinski definition) is 3. The first-order valence-corrected chi connectivity index (χ1v) is 7.08. The van der Waals surface area contributed by atoms with E-state index in [1.807, 2.05) is 30.3 Å². The summed E-state index contributed by atoms with van der Waals surface area (Å²) in [7, 11) is 0. The average Bonchev–Trinajstić information content (AvgIpc) is 2.89. The highest BCUT2D eigenvalue weighted by atomic mass is 79.9. The highest BCUT2D eigenvalue weighted by Crippen LogP contribution is 2.34. The molecule has 3 rings (SSSR count). The summed E-state index contributed by atoms with van der Waals surface area (Å²) in [6.07, 6.45) is 0.911. The maximum Gasteiger partial charge on any atom is 0.120 e. The van der Waals surface area contributed by atoms with Crippen LogP contribution in [0.25, 0.3) is 0 Å². The Morgan fingerprint density at radius 1 is 1.00 bits per heavy atom. The second-order valence-electron chi connectivity index (χ2n) is 4.74. The molecule has 0 saturated carbocycles. The third kappa shape index (κ3) is 2.66. The summed E-state index contributed by atoms with van der Waals surface area (Å²) in [5, 5.41) is 9.90. The van der Waals surface area contributed by atoms with Crippen LogP contribution in [-0.2, 0) is 0 Å². The molecule has 2 atom stereocenters. The molecule has 1 saturated heterocycles. The van der Waals surface area contributed by atoms with E-state index < -0.39 is 0 Å². The Morgan fingerprint density at radius 3 is 2.58 bits per heavy atom. The lowest BCUT2D eigenvalue weighted by molar-refractivity contribution is 0.453. The smallest absolute Gasteiger partial charge is 0.120 e. The number of nitrogens with one attached hydrogen (secondary N) is 2. The van der Waals surface area contributed by atoms with Crippen molar-refractivity contribution in [2.24, 2.45) is 0 Å². The number of hydrazine groups is 1. The molecule has 0 spiro atoms. The van der Waals surface area contributed by atoms with Crippen LogP contribution in [-0.4, -0.2) is 5.11 Å². The molecule has 0 amide bonds. The summed E-state index contributed by atoms with van der Waals surface area (Å²) in [6, 6.07) is 16.1. The number of benzene rings is 2. The zero-order valence-corrected chi connectivity index (χ0v) is 11.9. The van der Waals surface area contributed by atoms with Crippen LogP contribution in [0, 0.1) is 0 Å². The number of hydrogen-bond acceptors (Lipinski definition) is 3. The van der Waals surface area contributed by atoms with Crippen molar-refractivity contribution < 1.29 is 5.11 Å². The van der Waals surface area contributed by atoms with Crippen LogP contribution in [0.5, 0.6) is 5.75 Å². The molecule has 19 heavy (non-hydrogen) atoms. The van der Waals surface area contributed by atoms with Crippen LogP contribution < -0.4 is 10.9 Å². The number of phenolic OH excluding ortho intramolecular Hbond substituents is 1. The van der Waals surface area contributed by atoms with Gasteiger partial charge in [0.1, 0.15) is 5.75 Å². The average molecular weight is 319 g/mol. The van der Waals surface area contributed by atoms with Crippen LogP contribution in [0.4, 0.5) is 0 Å². The highest BCUT2D eigenvalue weighted by Gasteiger charge is 2.27. The largest absolute Gasteiger partial charge is 0.508 e. The minimum atomic E-state index is 0.130. The third-order valence-electron chi connectivity index (χ3n) is 3.47. The first-order chi connectivity index (χ1) is 9.24. The molecule has 4 heteroatoms. The molecule has 0 aromatic heterocycles. The van der Waals surface area contributed by atoms with E-state index in [0.717, 1.165) is 16.5 Å². The fourth-order valence-electron chi connectivity index (χ4n) is 2.48. The fourth-order valence-corrected chi connectivity index (χ4v) is 2.90. The molecule has 1 aliphatic heterocycles. The normalized spacial score (nSPS) is 22.6. The van der Waals surface area contributed by atoms with Gasteiger partial charge in [-0.2, -0.15) is 0 Å². The minimum Gasteiger partial charge on any atom is -0.508 e. The highest BCUT2D eigenvalue weighted by molar-refractivity contribution is 9.10. The molecule has 2 aromatic rings. The second-order valence-corrected chi connectivity index (χ2v) is 5.66. The van der Waals surface area contributed by atoms with Crippen LogP contribution in [0.3, 0.4) is 0 Å². The first kappa shape index (κ1) is 12.7. The minimum absolute atomic E-state index is 0.130. The Kier molecular flexibility index (Phi) is 3.55. The van der Waals surface area contributed by atoms with Crippen LogP contribution in [0.2, 0.25) is 0 Å². The van der Waals surface area contributed by atoms with Gasteiger partial charge in [-0.3, -0.25) is 0 Å². The number of phenols is 1. The number of halogens is 1. The van der Waals surface area contributed by atoms with Gasteiger partial charge < -0.3 is 5.11 Å². The molecule has 3 N–H and O–H groups in total. The van der Waals surface area contributed by atoms with Gasteiger partial charge in [-0.15, -0.1) is 0 Å². The van der Waals surface area contributed by atoms with Crippen molar-refractivity contribution in [3.05, 3.63) is 64.1 Å². The summed E-state index contributed by atoms with van der Waals surface area (Å²) >= 11 is 3.49. The van der Waals surface area contributed by atoms with Crippen LogP contribution in [0.1, 0.15) is 29.6 Å². The van der Waals surface area contributed by atoms with Crippen molar-refractivity contribution in [3.63, 3.8) is 0 Å². The van der Waals surface area contributed by atoms with E-state index in [1.165, 1.54) is 5.56 Å². The van der Waals surface area contributed by atoms with Gasteiger partial charge in [0.2, 0.25) is 0 Å². The molecular formula is C15H15BrN2O. The van der Waals surface area contributed by atoms with Gasteiger partial charge in [0.25, 0.3) is 0 Å². The van der Waals surface area contributed by atoms with Crippen molar-refractivity contribution in [3.8, 4) is 5.75 Å². The van der Waals surface area contributed by atoms with Crippen molar-refractivity contribution in [1.29, 1.82) is 0 Å². The van der Waals surface area contributed by atoms with E-state index >= 15 is 0 Å².